The maximum Gasteiger partial charge on any atom is 0.279 e. The second-order valence-corrected chi connectivity index (χ2v) is 5.48. The first kappa shape index (κ1) is 13.7. The van der Waals surface area contributed by atoms with E-state index >= 15 is 0 Å². The van der Waals surface area contributed by atoms with Crippen LogP contribution in [-0.2, 0) is 0 Å². The van der Waals surface area contributed by atoms with Crippen molar-refractivity contribution < 1.29 is 4.79 Å². The Labute approximate surface area is 129 Å². The Morgan fingerprint density at radius 2 is 2.19 bits per heavy atom. The summed E-state index contributed by atoms with van der Waals surface area (Å²) in [5.74, 6) is -0.347. The molecule has 0 fully saturated rings. The van der Waals surface area contributed by atoms with E-state index in [1.807, 2.05) is 18.2 Å². The number of para-hydroxylation sites is 1. The number of hydrogen-bond donors (Lipinski definition) is 1. The Hall–Kier alpha value is -2.25. The van der Waals surface area contributed by atoms with Gasteiger partial charge in [0.05, 0.1) is 16.4 Å². The van der Waals surface area contributed by atoms with Crippen LogP contribution in [0.15, 0.2) is 35.8 Å². The molecule has 1 N–H and O–H groups in total. The highest BCUT2D eigenvalue weighted by Gasteiger charge is 2.19. The third-order valence-electron chi connectivity index (χ3n) is 2.84. The molecule has 0 aliphatic carbocycles. The maximum absolute atomic E-state index is 12.2. The summed E-state index contributed by atoms with van der Waals surface area (Å²) < 4.78 is 1.54. The molecule has 0 saturated carbocycles. The summed E-state index contributed by atoms with van der Waals surface area (Å²) in [6, 6.07) is 7.24. The van der Waals surface area contributed by atoms with E-state index in [-0.39, 0.29) is 11.6 Å². The lowest BCUT2D eigenvalue weighted by Crippen LogP contribution is -2.14. The summed E-state index contributed by atoms with van der Waals surface area (Å²) in [5, 5.41) is 13.5. The quantitative estimate of drug-likeness (QED) is 0.805. The summed E-state index contributed by atoms with van der Waals surface area (Å²) in [4.78, 5) is 16.2. The number of hydrogen-bond acceptors (Lipinski definition) is 5. The Morgan fingerprint density at radius 3 is 2.90 bits per heavy atom. The first-order valence-electron chi connectivity index (χ1n) is 6.05. The predicted octanol–water partition coefficient (Wildman–Crippen LogP) is 2.94. The number of anilines is 1. The Bertz CT molecular complexity index is 784. The summed E-state index contributed by atoms with van der Waals surface area (Å²) in [6.45, 7) is 1.76. The molecule has 1 aromatic carbocycles. The largest absolute Gasteiger partial charge is 0.296 e. The molecule has 0 radical (unpaired) electrons. The Kier molecular flexibility index (Phi) is 3.68. The van der Waals surface area contributed by atoms with Crippen LogP contribution in [0.5, 0.6) is 0 Å². The molecule has 0 unspecified atom stereocenters. The molecule has 8 heteroatoms. The van der Waals surface area contributed by atoms with Gasteiger partial charge in [-0.3, -0.25) is 10.1 Å². The van der Waals surface area contributed by atoms with E-state index in [1.54, 1.807) is 29.2 Å². The Balaban J connectivity index is 1.93. The summed E-state index contributed by atoms with van der Waals surface area (Å²) >= 11 is 7.48. The molecule has 6 nitrogen and oxygen atoms in total. The first-order valence-corrected chi connectivity index (χ1v) is 7.30. The zero-order valence-corrected chi connectivity index (χ0v) is 12.5. The smallest absolute Gasteiger partial charge is 0.279 e. The molecule has 3 rings (SSSR count). The molecule has 0 aliphatic rings. The van der Waals surface area contributed by atoms with Gasteiger partial charge in [0.2, 0.25) is 0 Å². The highest BCUT2D eigenvalue weighted by molar-refractivity contribution is 7.13. The van der Waals surface area contributed by atoms with Gasteiger partial charge in [-0.25, -0.2) is 9.67 Å². The predicted molar refractivity (Wildman–Crippen MR) is 81.2 cm³/mol. The van der Waals surface area contributed by atoms with Crippen molar-refractivity contribution in [1.29, 1.82) is 0 Å². The monoisotopic (exact) mass is 319 g/mol. The summed E-state index contributed by atoms with van der Waals surface area (Å²) in [7, 11) is 0. The number of thiazole rings is 1. The summed E-state index contributed by atoms with van der Waals surface area (Å²) in [5.41, 5.74) is 1.53. The molecule has 3 aromatic rings. The van der Waals surface area contributed by atoms with Gasteiger partial charge in [0.15, 0.2) is 10.8 Å². The van der Waals surface area contributed by atoms with E-state index in [1.165, 1.54) is 11.3 Å². The van der Waals surface area contributed by atoms with E-state index in [2.05, 4.69) is 20.6 Å². The zero-order chi connectivity index (χ0) is 14.8. The highest BCUT2D eigenvalue weighted by Crippen LogP contribution is 2.21. The van der Waals surface area contributed by atoms with Gasteiger partial charge in [0.25, 0.3) is 5.91 Å². The SMILES string of the molecule is Cc1c(C(=O)Nc2nccs2)nnn1-c1ccccc1Cl. The van der Waals surface area contributed by atoms with Crippen LogP contribution in [0.25, 0.3) is 5.69 Å². The second kappa shape index (κ2) is 5.63. The fourth-order valence-electron chi connectivity index (χ4n) is 1.83. The first-order chi connectivity index (χ1) is 10.2. The molecule has 2 heterocycles. The maximum atomic E-state index is 12.2. The molecule has 2 aromatic heterocycles. The fraction of sp³-hybridized carbons (Fsp3) is 0.0769. The van der Waals surface area contributed by atoms with Crippen molar-refractivity contribution in [2.24, 2.45) is 0 Å². The fourth-order valence-corrected chi connectivity index (χ4v) is 2.57. The molecule has 106 valence electrons. The summed E-state index contributed by atoms with van der Waals surface area (Å²) in [6.07, 6.45) is 1.62. The van der Waals surface area contributed by atoms with E-state index in [0.29, 0.717) is 21.5 Å². The van der Waals surface area contributed by atoms with Crippen LogP contribution in [0.2, 0.25) is 5.02 Å². The molecule has 0 saturated heterocycles. The van der Waals surface area contributed by atoms with Crippen molar-refractivity contribution in [3.8, 4) is 5.69 Å². The lowest BCUT2D eigenvalue weighted by molar-refractivity contribution is 0.102. The molecule has 0 spiro atoms. The number of nitrogens with zero attached hydrogens (tertiary/aromatic N) is 4. The number of benzene rings is 1. The van der Waals surface area contributed by atoms with Crippen molar-refractivity contribution >= 4 is 34.0 Å². The van der Waals surface area contributed by atoms with Crippen LogP contribution >= 0.6 is 22.9 Å². The molecular formula is C13H10ClN5OS. The van der Waals surface area contributed by atoms with Crippen LogP contribution in [0.3, 0.4) is 0 Å². The van der Waals surface area contributed by atoms with Gasteiger partial charge in [0, 0.05) is 11.6 Å². The second-order valence-electron chi connectivity index (χ2n) is 4.18. The van der Waals surface area contributed by atoms with Crippen molar-refractivity contribution in [3.63, 3.8) is 0 Å². The number of aromatic nitrogens is 4. The lowest BCUT2D eigenvalue weighted by Gasteiger charge is -2.05. The Morgan fingerprint density at radius 1 is 1.38 bits per heavy atom. The minimum atomic E-state index is -0.347. The van der Waals surface area contributed by atoms with Gasteiger partial charge in [-0.2, -0.15) is 0 Å². The van der Waals surface area contributed by atoms with Crippen LogP contribution in [0, 0.1) is 6.92 Å². The minimum Gasteiger partial charge on any atom is -0.296 e. The number of rotatable bonds is 3. The standard InChI is InChI=1S/C13H10ClN5OS/c1-8-11(12(20)16-13-15-6-7-21-13)17-18-19(8)10-5-3-2-4-9(10)14/h2-7H,1H3,(H,15,16,20). The average Bonchev–Trinajstić information content (AvgIpc) is 3.09. The van der Waals surface area contributed by atoms with Crippen molar-refractivity contribution in [3.05, 3.63) is 52.3 Å². The lowest BCUT2D eigenvalue weighted by atomic mass is 10.3. The highest BCUT2D eigenvalue weighted by atomic mass is 35.5. The van der Waals surface area contributed by atoms with Gasteiger partial charge >= 0.3 is 0 Å². The molecule has 21 heavy (non-hydrogen) atoms. The van der Waals surface area contributed by atoms with Crippen LogP contribution < -0.4 is 5.32 Å². The number of carbonyl (C=O) groups excluding carboxylic acids is 1. The van der Waals surface area contributed by atoms with Crippen LogP contribution in [0.1, 0.15) is 16.2 Å². The molecule has 0 bridgehead atoms. The van der Waals surface area contributed by atoms with Gasteiger partial charge in [-0.05, 0) is 19.1 Å². The minimum absolute atomic E-state index is 0.241. The number of carbonyl (C=O) groups is 1. The third kappa shape index (κ3) is 2.65. The molecule has 0 atom stereocenters. The average molecular weight is 320 g/mol. The topological polar surface area (TPSA) is 72.7 Å². The molecular weight excluding hydrogens is 310 g/mol. The van der Waals surface area contributed by atoms with Crippen LogP contribution in [0.4, 0.5) is 5.13 Å². The third-order valence-corrected chi connectivity index (χ3v) is 3.85. The number of amides is 1. The van der Waals surface area contributed by atoms with Crippen LogP contribution in [-0.4, -0.2) is 25.9 Å². The molecule has 0 aliphatic heterocycles. The van der Waals surface area contributed by atoms with Crippen molar-refractivity contribution in [1.82, 2.24) is 20.0 Å². The van der Waals surface area contributed by atoms with Crippen molar-refractivity contribution in [2.75, 3.05) is 5.32 Å². The number of nitrogens with one attached hydrogen (secondary N) is 1. The van der Waals surface area contributed by atoms with E-state index in [9.17, 15) is 4.79 Å². The zero-order valence-electron chi connectivity index (χ0n) is 10.9. The van der Waals surface area contributed by atoms with Gasteiger partial charge < -0.3 is 0 Å². The van der Waals surface area contributed by atoms with E-state index in [0.717, 1.165) is 0 Å². The molecule has 1 amide bonds. The number of halogens is 1. The normalized spacial score (nSPS) is 10.6. The van der Waals surface area contributed by atoms with Crippen molar-refractivity contribution in [2.45, 2.75) is 6.92 Å². The van der Waals surface area contributed by atoms with E-state index < -0.39 is 0 Å². The van der Waals surface area contributed by atoms with Gasteiger partial charge in [0.1, 0.15) is 0 Å². The van der Waals surface area contributed by atoms with Gasteiger partial charge in [-0.15, -0.1) is 16.4 Å². The van der Waals surface area contributed by atoms with E-state index in [4.69, 9.17) is 11.6 Å². The van der Waals surface area contributed by atoms with Gasteiger partial charge in [-0.1, -0.05) is 28.9 Å².